The summed E-state index contributed by atoms with van der Waals surface area (Å²) in [6.07, 6.45) is -11.5. The van der Waals surface area contributed by atoms with Crippen molar-refractivity contribution in [3.63, 3.8) is 0 Å². The molecule has 2 heterocycles. The summed E-state index contributed by atoms with van der Waals surface area (Å²) in [7, 11) is 0. The Morgan fingerprint density at radius 1 is 0.778 bits per heavy atom. The average Bonchev–Trinajstić information content (AvgIpc) is 2.98. The van der Waals surface area contributed by atoms with Crippen molar-refractivity contribution in [3.05, 3.63) is 60.2 Å². The van der Waals surface area contributed by atoms with Gasteiger partial charge in [-0.2, -0.15) is 26.3 Å². The fourth-order valence-corrected chi connectivity index (χ4v) is 3.88. The Hall–Kier alpha value is -2.49. The van der Waals surface area contributed by atoms with Crippen LogP contribution < -0.4 is 4.90 Å². The zero-order valence-corrected chi connectivity index (χ0v) is 14.0. The number of halogens is 6. The predicted molar refractivity (Wildman–Crippen MR) is 90.0 cm³/mol. The summed E-state index contributed by atoms with van der Waals surface area (Å²) >= 11 is 0.748. The zero-order chi connectivity index (χ0) is 19.4. The van der Waals surface area contributed by atoms with E-state index in [4.69, 9.17) is 0 Å². The molecule has 0 amide bonds. The first-order chi connectivity index (χ1) is 12.6. The number of aliphatic imine (C=N–C) groups is 2. The summed E-state index contributed by atoms with van der Waals surface area (Å²) in [4.78, 5) is 7.96. The Kier molecular flexibility index (Phi) is 3.81. The van der Waals surface area contributed by atoms with Gasteiger partial charge in [0.05, 0.1) is 5.69 Å². The van der Waals surface area contributed by atoms with Gasteiger partial charge >= 0.3 is 18.0 Å². The van der Waals surface area contributed by atoms with E-state index >= 15 is 0 Å². The lowest BCUT2D eigenvalue weighted by Crippen LogP contribution is -2.58. The van der Waals surface area contributed by atoms with E-state index in [9.17, 15) is 26.3 Å². The van der Waals surface area contributed by atoms with Crippen molar-refractivity contribution in [1.29, 1.82) is 0 Å². The third kappa shape index (κ3) is 2.61. The molecule has 3 nitrogen and oxygen atoms in total. The number of amidine groups is 2. The van der Waals surface area contributed by atoms with Gasteiger partial charge in [-0.3, -0.25) is 4.90 Å². The molecule has 10 heteroatoms. The van der Waals surface area contributed by atoms with E-state index in [-0.39, 0.29) is 5.56 Å². The summed E-state index contributed by atoms with van der Waals surface area (Å²) in [5, 5.41) is -0.417. The second kappa shape index (κ2) is 5.75. The molecule has 0 atom stereocenters. The standard InChI is InChI=1S/C17H9F6N3S/c18-16(19,20)15(17(21,22)23)24-13(10-6-2-1-3-7-10)26-11-8-4-5-9-12(11)27-14(26)25-15/h1-9H. The number of alkyl halides is 6. The number of nitrogens with zero attached hydrogens (tertiary/aromatic N) is 3. The lowest BCUT2D eigenvalue weighted by molar-refractivity contribution is -0.292. The molecule has 2 aliphatic heterocycles. The minimum atomic E-state index is -5.75. The molecule has 140 valence electrons. The smallest absolute Gasteiger partial charge is 0.272 e. The Morgan fingerprint density at radius 2 is 1.37 bits per heavy atom. The fourth-order valence-electron chi connectivity index (χ4n) is 2.81. The number of anilines is 1. The van der Waals surface area contributed by atoms with Crippen LogP contribution in [0.5, 0.6) is 0 Å². The molecule has 0 aliphatic carbocycles. The molecule has 2 aliphatic rings. The second-order valence-corrected chi connectivity index (χ2v) is 6.78. The maximum atomic E-state index is 13.6. The Balaban J connectivity index is 2.02. The van der Waals surface area contributed by atoms with E-state index in [0.29, 0.717) is 10.6 Å². The van der Waals surface area contributed by atoms with E-state index in [0.717, 1.165) is 11.8 Å². The quantitative estimate of drug-likeness (QED) is 0.612. The van der Waals surface area contributed by atoms with E-state index in [1.54, 1.807) is 30.3 Å². The van der Waals surface area contributed by atoms with Crippen LogP contribution in [0.1, 0.15) is 5.56 Å². The van der Waals surface area contributed by atoms with Crippen LogP contribution >= 0.6 is 11.8 Å². The van der Waals surface area contributed by atoms with Gasteiger partial charge in [-0.15, -0.1) is 0 Å². The molecule has 0 saturated carbocycles. The highest BCUT2D eigenvalue weighted by molar-refractivity contribution is 8.15. The SMILES string of the molecule is FC(F)(F)C1(C(F)(F)F)N=C2Sc3ccccc3N2C(c2ccccc2)=N1. The molecule has 0 bridgehead atoms. The van der Waals surface area contributed by atoms with Crippen molar-refractivity contribution < 1.29 is 26.3 Å². The van der Waals surface area contributed by atoms with Crippen molar-refractivity contribution in [2.75, 3.05) is 4.90 Å². The van der Waals surface area contributed by atoms with Gasteiger partial charge in [0.15, 0.2) is 5.17 Å². The monoisotopic (exact) mass is 401 g/mol. The highest BCUT2D eigenvalue weighted by Gasteiger charge is 2.74. The van der Waals surface area contributed by atoms with Crippen LogP contribution in [0.25, 0.3) is 0 Å². The molecule has 0 N–H and O–H groups in total. The molecule has 4 rings (SSSR count). The number of benzene rings is 2. The van der Waals surface area contributed by atoms with Gasteiger partial charge in [-0.05, 0) is 23.9 Å². The van der Waals surface area contributed by atoms with Gasteiger partial charge in [-0.25, -0.2) is 9.98 Å². The summed E-state index contributed by atoms with van der Waals surface area (Å²) in [5.41, 5.74) is -3.99. The fraction of sp³-hybridized carbons (Fsp3) is 0.176. The lowest BCUT2D eigenvalue weighted by Gasteiger charge is -2.37. The maximum Gasteiger partial charge on any atom is 0.443 e. The largest absolute Gasteiger partial charge is 0.443 e. The van der Waals surface area contributed by atoms with Crippen molar-refractivity contribution in [1.82, 2.24) is 0 Å². The van der Waals surface area contributed by atoms with Gasteiger partial charge in [-0.1, -0.05) is 42.5 Å². The number of hydrogen-bond donors (Lipinski definition) is 0. The Labute approximate surface area is 153 Å². The topological polar surface area (TPSA) is 28.0 Å². The molecule has 2 aromatic carbocycles. The van der Waals surface area contributed by atoms with Crippen LogP contribution in [0.4, 0.5) is 32.0 Å². The third-order valence-corrected chi connectivity index (χ3v) is 5.08. The molecule has 0 aromatic heterocycles. The van der Waals surface area contributed by atoms with Gasteiger partial charge in [0.25, 0.3) is 0 Å². The minimum Gasteiger partial charge on any atom is -0.272 e. The first-order valence-corrected chi connectivity index (χ1v) is 8.41. The first-order valence-electron chi connectivity index (χ1n) is 7.60. The highest BCUT2D eigenvalue weighted by atomic mass is 32.2. The van der Waals surface area contributed by atoms with Crippen LogP contribution in [-0.2, 0) is 0 Å². The Bertz CT molecular complexity index is 935. The van der Waals surface area contributed by atoms with Crippen LogP contribution in [0.3, 0.4) is 0 Å². The normalized spacial score (nSPS) is 18.5. The molecule has 27 heavy (non-hydrogen) atoms. The summed E-state index contributed by atoms with van der Waals surface area (Å²) in [5.74, 6) is -0.451. The molecular formula is C17H9F6N3S. The summed E-state index contributed by atoms with van der Waals surface area (Å²) < 4.78 is 81.6. The molecular weight excluding hydrogens is 392 g/mol. The maximum absolute atomic E-state index is 13.6. The average molecular weight is 401 g/mol. The van der Waals surface area contributed by atoms with Gasteiger partial charge in [0, 0.05) is 10.5 Å². The zero-order valence-electron chi connectivity index (χ0n) is 13.2. The highest BCUT2D eigenvalue weighted by Crippen LogP contribution is 2.52. The van der Waals surface area contributed by atoms with Crippen LogP contribution in [0.15, 0.2) is 69.5 Å². The van der Waals surface area contributed by atoms with Gasteiger partial charge < -0.3 is 0 Å². The minimum absolute atomic E-state index is 0.125. The van der Waals surface area contributed by atoms with E-state index in [1.165, 1.54) is 29.2 Å². The van der Waals surface area contributed by atoms with Crippen molar-refractivity contribution in [3.8, 4) is 0 Å². The predicted octanol–water partition coefficient (Wildman–Crippen LogP) is 5.24. The number of hydrogen-bond acceptors (Lipinski definition) is 4. The van der Waals surface area contributed by atoms with Gasteiger partial charge in [0.2, 0.25) is 0 Å². The van der Waals surface area contributed by atoms with Crippen molar-refractivity contribution in [2.24, 2.45) is 9.98 Å². The first kappa shape index (κ1) is 17.9. The summed E-state index contributed by atoms with van der Waals surface area (Å²) in [6, 6.07) is 13.9. The van der Waals surface area contributed by atoms with E-state index in [1.807, 2.05) is 0 Å². The number of fused-ring (bicyclic) bond motifs is 3. The number of rotatable bonds is 1. The van der Waals surface area contributed by atoms with E-state index < -0.39 is 29.0 Å². The summed E-state index contributed by atoms with van der Waals surface area (Å²) in [6.45, 7) is 0. The van der Waals surface area contributed by atoms with Crippen molar-refractivity contribution >= 4 is 28.5 Å². The number of para-hydroxylation sites is 1. The lowest BCUT2D eigenvalue weighted by atomic mass is 10.1. The van der Waals surface area contributed by atoms with Crippen molar-refractivity contribution in [2.45, 2.75) is 22.9 Å². The molecule has 0 saturated heterocycles. The molecule has 0 spiro atoms. The van der Waals surface area contributed by atoms with Crippen LogP contribution in [0.2, 0.25) is 0 Å². The molecule has 0 radical (unpaired) electrons. The van der Waals surface area contributed by atoms with Gasteiger partial charge in [0.1, 0.15) is 5.84 Å². The van der Waals surface area contributed by atoms with Crippen LogP contribution in [0, 0.1) is 0 Å². The molecule has 0 fully saturated rings. The number of thioether (sulfide) groups is 1. The Morgan fingerprint density at radius 3 is 2.00 bits per heavy atom. The molecule has 2 aromatic rings. The third-order valence-electron chi connectivity index (χ3n) is 4.06. The van der Waals surface area contributed by atoms with Crippen LogP contribution in [-0.4, -0.2) is 29.0 Å². The van der Waals surface area contributed by atoms with E-state index in [2.05, 4.69) is 9.98 Å². The molecule has 0 unspecified atom stereocenters. The second-order valence-electron chi connectivity index (χ2n) is 5.77.